The Labute approximate surface area is 230 Å². The number of morpholine rings is 2. The molecule has 0 bridgehead atoms. The number of aromatic nitrogens is 1. The summed E-state index contributed by atoms with van der Waals surface area (Å²) in [6.45, 7) is 9.98. The number of aryl methyl sites for hydroxylation is 1. The summed E-state index contributed by atoms with van der Waals surface area (Å²) >= 11 is 0. The molecule has 0 spiro atoms. The van der Waals surface area contributed by atoms with E-state index in [0.717, 1.165) is 54.6 Å². The van der Waals surface area contributed by atoms with Crippen LogP contribution in [0.2, 0.25) is 0 Å². The number of benzene rings is 2. The molecule has 1 aromatic heterocycles. The smallest absolute Gasteiger partial charge is 0.269 e. The van der Waals surface area contributed by atoms with Crippen molar-refractivity contribution in [3.8, 4) is 5.69 Å². The van der Waals surface area contributed by atoms with E-state index >= 15 is 0 Å². The maximum absolute atomic E-state index is 11.3. The summed E-state index contributed by atoms with van der Waals surface area (Å²) in [5.74, 6) is 0. The minimum atomic E-state index is -2.52. The van der Waals surface area contributed by atoms with E-state index in [2.05, 4.69) is 63.0 Å². The Morgan fingerprint density at radius 1 is 0.872 bits per heavy atom. The monoisotopic (exact) mass is 552 g/mol. The molecule has 0 N–H and O–H groups in total. The molecule has 0 aliphatic carbocycles. The SMILES string of the molecule is Cc1cc(P(=Nc2ccc([N+](=O)[O-])cc2)(N2CCOCC2)N2CCOCC2)c(C)n1-c1ccc(N(C)C)cc1. The highest BCUT2D eigenvalue weighted by Crippen LogP contribution is 2.59. The molecule has 0 unspecified atom stereocenters. The molecule has 3 heterocycles. The lowest BCUT2D eigenvalue weighted by Gasteiger charge is -2.46. The fraction of sp³-hybridized carbons (Fsp3) is 0.429. The lowest BCUT2D eigenvalue weighted by molar-refractivity contribution is -0.384. The van der Waals surface area contributed by atoms with Crippen molar-refractivity contribution in [3.05, 3.63) is 76.1 Å². The van der Waals surface area contributed by atoms with E-state index in [1.54, 1.807) is 24.3 Å². The van der Waals surface area contributed by atoms with Crippen LogP contribution in [0, 0.1) is 24.0 Å². The fourth-order valence-corrected chi connectivity index (χ4v) is 9.60. The van der Waals surface area contributed by atoms with Gasteiger partial charge in [0.1, 0.15) is 7.36 Å². The molecular weight excluding hydrogens is 515 g/mol. The Morgan fingerprint density at radius 3 is 1.90 bits per heavy atom. The third-order valence-corrected chi connectivity index (χ3v) is 11.4. The average molecular weight is 553 g/mol. The minimum absolute atomic E-state index is 0.0648. The van der Waals surface area contributed by atoms with Crippen LogP contribution < -0.4 is 10.2 Å². The van der Waals surface area contributed by atoms with Crippen molar-refractivity contribution >= 4 is 29.7 Å². The molecule has 2 saturated heterocycles. The van der Waals surface area contributed by atoms with E-state index in [1.165, 1.54) is 5.30 Å². The molecule has 0 saturated carbocycles. The van der Waals surface area contributed by atoms with E-state index in [-0.39, 0.29) is 10.6 Å². The van der Waals surface area contributed by atoms with E-state index < -0.39 is 7.36 Å². The van der Waals surface area contributed by atoms with E-state index in [1.807, 2.05) is 14.1 Å². The van der Waals surface area contributed by atoms with Crippen molar-refractivity contribution in [1.29, 1.82) is 0 Å². The molecular formula is C28H37N6O4P. The Hall–Kier alpha value is -3.01. The van der Waals surface area contributed by atoms with Crippen molar-refractivity contribution in [2.24, 2.45) is 4.74 Å². The molecule has 5 rings (SSSR count). The summed E-state index contributed by atoms with van der Waals surface area (Å²) < 4.78 is 24.4. The largest absolute Gasteiger partial charge is 0.379 e. The molecule has 2 aliphatic heterocycles. The van der Waals surface area contributed by atoms with Crippen LogP contribution in [0.25, 0.3) is 5.69 Å². The van der Waals surface area contributed by atoms with Crippen LogP contribution in [-0.2, 0) is 9.47 Å². The molecule has 208 valence electrons. The van der Waals surface area contributed by atoms with Crippen molar-refractivity contribution in [2.45, 2.75) is 13.8 Å². The Bertz CT molecular complexity index is 1340. The number of hydrogen-bond acceptors (Lipinski definition) is 6. The van der Waals surface area contributed by atoms with Gasteiger partial charge in [0.15, 0.2) is 0 Å². The molecule has 0 atom stereocenters. The zero-order chi connectivity index (χ0) is 27.6. The summed E-state index contributed by atoms with van der Waals surface area (Å²) in [7, 11) is 1.57. The quantitative estimate of drug-likeness (QED) is 0.238. The molecule has 10 nitrogen and oxygen atoms in total. The van der Waals surface area contributed by atoms with Crippen LogP contribution >= 0.6 is 7.36 Å². The van der Waals surface area contributed by atoms with Crippen LogP contribution in [0.5, 0.6) is 0 Å². The molecule has 11 heteroatoms. The molecule has 2 aromatic carbocycles. The second kappa shape index (κ2) is 11.6. The second-order valence-corrected chi connectivity index (χ2v) is 13.0. The van der Waals surface area contributed by atoms with Crippen molar-refractivity contribution in [2.75, 3.05) is 71.6 Å². The number of ether oxygens (including phenoxy) is 2. The van der Waals surface area contributed by atoms with E-state index in [9.17, 15) is 10.1 Å². The number of non-ortho nitro benzene ring substituents is 1. The Kier molecular flexibility index (Phi) is 8.21. The number of anilines is 1. The summed E-state index contributed by atoms with van der Waals surface area (Å²) in [6.07, 6.45) is 0. The van der Waals surface area contributed by atoms with Crippen molar-refractivity contribution in [1.82, 2.24) is 13.9 Å². The van der Waals surface area contributed by atoms with Gasteiger partial charge in [0.05, 0.1) is 37.0 Å². The molecule has 39 heavy (non-hydrogen) atoms. The summed E-state index contributed by atoms with van der Waals surface area (Å²) in [4.78, 5) is 13.1. The van der Waals surface area contributed by atoms with Crippen LogP contribution in [0.15, 0.2) is 59.3 Å². The van der Waals surface area contributed by atoms with Gasteiger partial charge in [-0.1, -0.05) is 0 Å². The van der Waals surface area contributed by atoms with E-state index in [0.29, 0.717) is 26.4 Å². The van der Waals surface area contributed by atoms with Gasteiger partial charge in [0, 0.05) is 80.5 Å². The van der Waals surface area contributed by atoms with Crippen molar-refractivity contribution < 1.29 is 14.4 Å². The van der Waals surface area contributed by atoms with Gasteiger partial charge in [-0.15, -0.1) is 0 Å². The van der Waals surface area contributed by atoms with Crippen LogP contribution in [-0.4, -0.2) is 85.5 Å². The first kappa shape index (κ1) is 27.6. The van der Waals surface area contributed by atoms with Gasteiger partial charge in [-0.25, -0.2) is 14.1 Å². The third-order valence-electron chi connectivity index (χ3n) is 7.43. The average Bonchev–Trinajstić information content (AvgIpc) is 3.26. The zero-order valence-corrected chi connectivity index (χ0v) is 24.0. The normalized spacial score (nSPS) is 17.2. The van der Waals surface area contributed by atoms with Crippen LogP contribution in [0.1, 0.15) is 11.4 Å². The lowest BCUT2D eigenvalue weighted by atomic mass is 10.2. The molecule has 3 aromatic rings. The first-order valence-electron chi connectivity index (χ1n) is 13.3. The lowest BCUT2D eigenvalue weighted by Crippen LogP contribution is -2.46. The van der Waals surface area contributed by atoms with Gasteiger partial charge in [-0.2, -0.15) is 0 Å². The fourth-order valence-electron chi connectivity index (χ4n) is 5.48. The first-order valence-corrected chi connectivity index (χ1v) is 15.0. The number of rotatable bonds is 7. The third kappa shape index (κ3) is 5.40. The molecule has 2 fully saturated rings. The Morgan fingerprint density at radius 2 is 1.41 bits per heavy atom. The van der Waals surface area contributed by atoms with Crippen molar-refractivity contribution in [3.63, 3.8) is 0 Å². The molecule has 0 amide bonds. The highest BCUT2D eigenvalue weighted by molar-refractivity contribution is 7.69. The highest BCUT2D eigenvalue weighted by Gasteiger charge is 2.40. The van der Waals surface area contributed by atoms with Crippen LogP contribution in [0.4, 0.5) is 17.1 Å². The number of nitrogens with zero attached hydrogens (tertiary/aromatic N) is 6. The van der Waals surface area contributed by atoms with Gasteiger partial charge in [0.2, 0.25) is 0 Å². The maximum Gasteiger partial charge on any atom is 0.269 e. The molecule has 0 radical (unpaired) electrons. The number of nitro benzene ring substituents is 1. The summed E-state index contributed by atoms with van der Waals surface area (Å²) in [5, 5.41) is 12.5. The minimum Gasteiger partial charge on any atom is -0.379 e. The number of hydrogen-bond donors (Lipinski definition) is 0. The van der Waals surface area contributed by atoms with E-state index in [4.69, 9.17) is 14.2 Å². The van der Waals surface area contributed by atoms with Gasteiger partial charge >= 0.3 is 0 Å². The van der Waals surface area contributed by atoms with Crippen LogP contribution in [0.3, 0.4) is 0 Å². The van der Waals surface area contributed by atoms with Gasteiger partial charge in [-0.05, 0) is 56.3 Å². The highest BCUT2D eigenvalue weighted by atomic mass is 31.2. The second-order valence-electron chi connectivity index (χ2n) is 10.1. The van der Waals surface area contributed by atoms with Gasteiger partial charge < -0.3 is 18.9 Å². The topological polar surface area (TPSA) is 88.6 Å². The maximum atomic E-state index is 11.3. The summed E-state index contributed by atoms with van der Waals surface area (Å²) in [6, 6.07) is 17.5. The number of nitro groups is 1. The first-order chi connectivity index (χ1) is 18.8. The molecule has 2 aliphatic rings. The standard InChI is InChI=1S/C28H37N6O4P/c1-22-21-28(23(2)33(22)26-11-9-25(10-12-26)30(3)4)39(31-13-17-37-18-14-31,32-15-19-38-20-16-32)29-24-5-7-27(8-6-24)34(35)36/h5-12,21H,13-20H2,1-4H3. The van der Waals surface area contributed by atoms with Gasteiger partial charge in [0.25, 0.3) is 5.69 Å². The predicted molar refractivity (Wildman–Crippen MR) is 156 cm³/mol. The Balaban J connectivity index is 1.73. The predicted octanol–water partition coefficient (Wildman–Crippen LogP) is 4.72. The summed E-state index contributed by atoms with van der Waals surface area (Å²) in [5.41, 5.74) is 5.37. The van der Waals surface area contributed by atoms with Gasteiger partial charge in [-0.3, -0.25) is 10.1 Å². The zero-order valence-electron chi connectivity index (χ0n) is 23.1.